The van der Waals surface area contributed by atoms with Gasteiger partial charge in [0.2, 0.25) is 0 Å². The Morgan fingerprint density at radius 1 is 0.964 bits per heavy atom. The second-order valence-electron chi connectivity index (χ2n) is 5.79. The molecule has 0 aliphatic rings. The van der Waals surface area contributed by atoms with Gasteiger partial charge in [-0.2, -0.15) is 13.2 Å². The first-order chi connectivity index (χ1) is 13.3. The molecule has 0 saturated heterocycles. The van der Waals surface area contributed by atoms with Gasteiger partial charge in [0.1, 0.15) is 5.82 Å². The van der Waals surface area contributed by atoms with Crippen molar-refractivity contribution < 1.29 is 27.0 Å². The molecule has 0 aliphatic carbocycles. The zero-order valence-electron chi connectivity index (χ0n) is 15.4. The van der Waals surface area contributed by atoms with Crippen LogP contribution in [0, 0.1) is 5.82 Å². The van der Waals surface area contributed by atoms with Gasteiger partial charge in [-0.1, -0.05) is 18.2 Å². The standard InChI is InChI=1S/C19H21F4N3O2/c1-24-18(25-10-13-3-6-15(20)7-4-13)26-11-14-5-8-16(17(9-14)27-2)28-12-19(21,22)23/h3-9H,10-12H2,1-2H3,(H2,24,25,26). The van der Waals surface area contributed by atoms with Gasteiger partial charge in [0.15, 0.2) is 24.1 Å². The Balaban J connectivity index is 1.91. The molecule has 0 amide bonds. The zero-order chi connectivity index (χ0) is 20.6. The van der Waals surface area contributed by atoms with Gasteiger partial charge in [0.25, 0.3) is 0 Å². The first-order valence-electron chi connectivity index (χ1n) is 8.36. The van der Waals surface area contributed by atoms with Crippen LogP contribution in [0.1, 0.15) is 11.1 Å². The molecule has 0 atom stereocenters. The average Bonchev–Trinajstić information content (AvgIpc) is 2.67. The predicted molar refractivity (Wildman–Crippen MR) is 98.0 cm³/mol. The van der Waals surface area contributed by atoms with E-state index in [0.29, 0.717) is 19.0 Å². The maximum Gasteiger partial charge on any atom is 0.422 e. The maximum absolute atomic E-state index is 12.9. The van der Waals surface area contributed by atoms with Crippen LogP contribution in [0.4, 0.5) is 17.6 Å². The fourth-order valence-electron chi connectivity index (χ4n) is 2.30. The Hall–Kier alpha value is -2.97. The van der Waals surface area contributed by atoms with E-state index in [9.17, 15) is 17.6 Å². The molecule has 0 heterocycles. The minimum Gasteiger partial charge on any atom is -0.493 e. The highest BCUT2D eigenvalue weighted by molar-refractivity contribution is 5.79. The van der Waals surface area contributed by atoms with Crippen molar-refractivity contribution in [3.05, 3.63) is 59.4 Å². The van der Waals surface area contributed by atoms with Crippen molar-refractivity contribution in [3.63, 3.8) is 0 Å². The normalized spacial score (nSPS) is 11.9. The number of nitrogens with zero attached hydrogens (tertiary/aromatic N) is 1. The summed E-state index contributed by atoms with van der Waals surface area (Å²) in [5.74, 6) is 0.434. The summed E-state index contributed by atoms with van der Waals surface area (Å²) < 4.78 is 59.7. The second-order valence-corrected chi connectivity index (χ2v) is 5.79. The van der Waals surface area contributed by atoms with E-state index in [0.717, 1.165) is 11.1 Å². The van der Waals surface area contributed by atoms with Crippen LogP contribution in [-0.4, -0.2) is 32.9 Å². The number of alkyl halides is 3. The van der Waals surface area contributed by atoms with Crippen LogP contribution in [0.5, 0.6) is 11.5 Å². The minimum atomic E-state index is -4.42. The number of benzene rings is 2. The Labute approximate surface area is 160 Å². The number of rotatable bonds is 7. The van der Waals surface area contributed by atoms with Crippen molar-refractivity contribution in [3.8, 4) is 11.5 Å². The summed E-state index contributed by atoms with van der Waals surface area (Å²) in [6.07, 6.45) is -4.42. The summed E-state index contributed by atoms with van der Waals surface area (Å²) in [6, 6.07) is 10.7. The van der Waals surface area contributed by atoms with E-state index in [1.54, 1.807) is 31.3 Å². The molecule has 2 N–H and O–H groups in total. The van der Waals surface area contributed by atoms with E-state index in [1.165, 1.54) is 25.3 Å². The minimum absolute atomic E-state index is 0.0161. The van der Waals surface area contributed by atoms with Crippen LogP contribution in [-0.2, 0) is 13.1 Å². The first kappa shape index (κ1) is 21.3. The largest absolute Gasteiger partial charge is 0.493 e. The third kappa shape index (κ3) is 6.98. The molecule has 28 heavy (non-hydrogen) atoms. The zero-order valence-corrected chi connectivity index (χ0v) is 15.4. The van der Waals surface area contributed by atoms with Crippen LogP contribution in [0.15, 0.2) is 47.5 Å². The fraction of sp³-hybridized carbons (Fsp3) is 0.316. The summed E-state index contributed by atoms with van der Waals surface area (Å²) in [6.45, 7) is -0.576. The molecule has 0 radical (unpaired) electrons. The quantitative estimate of drug-likeness (QED) is 0.424. The number of nitrogens with one attached hydrogen (secondary N) is 2. The number of aliphatic imine (C=N–C) groups is 1. The number of hydrogen-bond acceptors (Lipinski definition) is 3. The highest BCUT2D eigenvalue weighted by Gasteiger charge is 2.29. The third-order valence-corrected chi connectivity index (χ3v) is 3.68. The van der Waals surface area contributed by atoms with Crippen molar-refractivity contribution in [2.45, 2.75) is 19.3 Å². The van der Waals surface area contributed by atoms with Crippen LogP contribution in [0.2, 0.25) is 0 Å². The molecule has 9 heteroatoms. The second kappa shape index (κ2) is 9.82. The van der Waals surface area contributed by atoms with E-state index in [-0.39, 0.29) is 17.3 Å². The molecule has 0 aromatic heterocycles. The van der Waals surface area contributed by atoms with Gasteiger partial charge in [-0.25, -0.2) is 4.39 Å². The molecule has 2 rings (SSSR count). The fourth-order valence-corrected chi connectivity index (χ4v) is 2.30. The summed E-state index contributed by atoms with van der Waals surface area (Å²) in [5.41, 5.74) is 1.65. The summed E-state index contributed by atoms with van der Waals surface area (Å²) in [4.78, 5) is 4.09. The molecule has 0 saturated carbocycles. The van der Waals surface area contributed by atoms with Crippen molar-refractivity contribution >= 4 is 5.96 Å². The highest BCUT2D eigenvalue weighted by Crippen LogP contribution is 2.29. The molecular weight excluding hydrogens is 378 g/mol. The lowest BCUT2D eigenvalue weighted by Crippen LogP contribution is -2.36. The SMILES string of the molecule is CN=C(NCc1ccc(F)cc1)NCc1ccc(OCC(F)(F)F)c(OC)c1. The predicted octanol–water partition coefficient (Wildman–Crippen LogP) is 3.64. The van der Waals surface area contributed by atoms with Crippen molar-refractivity contribution in [1.29, 1.82) is 0 Å². The van der Waals surface area contributed by atoms with Gasteiger partial charge in [0, 0.05) is 20.1 Å². The number of hydrogen-bond donors (Lipinski definition) is 2. The van der Waals surface area contributed by atoms with E-state index in [2.05, 4.69) is 15.6 Å². The molecule has 0 unspecified atom stereocenters. The first-order valence-corrected chi connectivity index (χ1v) is 8.36. The summed E-state index contributed by atoms with van der Waals surface area (Å²) in [7, 11) is 2.96. The van der Waals surface area contributed by atoms with E-state index in [4.69, 9.17) is 9.47 Å². The van der Waals surface area contributed by atoms with E-state index >= 15 is 0 Å². The van der Waals surface area contributed by atoms with Gasteiger partial charge >= 0.3 is 6.18 Å². The lowest BCUT2D eigenvalue weighted by molar-refractivity contribution is -0.153. The molecular formula is C19H21F4N3O2. The highest BCUT2D eigenvalue weighted by atomic mass is 19.4. The van der Waals surface area contributed by atoms with E-state index < -0.39 is 12.8 Å². The Morgan fingerprint density at radius 3 is 2.14 bits per heavy atom. The van der Waals surface area contributed by atoms with Crippen molar-refractivity contribution in [1.82, 2.24) is 10.6 Å². The lowest BCUT2D eigenvalue weighted by Gasteiger charge is -2.15. The van der Waals surface area contributed by atoms with Crippen LogP contribution in [0.3, 0.4) is 0 Å². The van der Waals surface area contributed by atoms with Crippen LogP contribution in [0.25, 0.3) is 0 Å². The van der Waals surface area contributed by atoms with Gasteiger partial charge in [0.05, 0.1) is 7.11 Å². The molecule has 0 spiro atoms. The Kier molecular flexibility index (Phi) is 7.48. The molecule has 152 valence electrons. The number of guanidine groups is 1. The molecule has 5 nitrogen and oxygen atoms in total. The Morgan fingerprint density at radius 2 is 1.57 bits per heavy atom. The third-order valence-electron chi connectivity index (χ3n) is 3.68. The average molecular weight is 399 g/mol. The van der Waals surface area contributed by atoms with Crippen molar-refractivity contribution in [2.75, 3.05) is 20.8 Å². The molecule has 0 fully saturated rings. The van der Waals surface area contributed by atoms with Crippen molar-refractivity contribution in [2.24, 2.45) is 4.99 Å². The van der Waals surface area contributed by atoms with Crippen LogP contribution >= 0.6 is 0 Å². The van der Waals surface area contributed by atoms with Gasteiger partial charge in [-0.3, -0.25) is 4.99 Å². The number of ether oxygens (including phenoxy) is 2. The molecule has 0 bridgehead atoms. The van der Waals surface area contributed by atoms with Gasteiger partial charge in [-0.15, -0.1) is 0 Å². The number of halogens is 4. The molecule has 0 aliphatic heterocycles. The topological polar surface area (TPSA) is 54.9 Å². The maximum atomic E-state index is 12.9. The van der Waals surface area contributed by atoms with E-state index in [1.807, 2.05) is 0 Å². The molecule has 2 aromatic rings. The molecule has 2 aromatic carbocycles. The smallest absolute Gasteiger partial charge is 0.422 e. The lowest BCUT2D eigenvalue weighted by atomic mass is 10.2. The van der Waals surface area contributed by atoms with Gasteiger partial charge in [-0.05, 0) is 35.4 Å². The monoisotopic (exact) mass is 399 g/mol. The number of methoxy groups -OCH3 is 1. The Bertz CT molecular complexity index is 793. The van der Waals surface area contributed by atoms with Gasteiger partial charge < -0.3 is 20.1 Å². The van der Waals surface area contributed by atoms with Crippen LogP contribution < -0.4 is 20.1 Å². The summed E-state index contributed by atoms with van der Waals surface area (Å²) in [5, 5.41) is 6.17. The summed E-state index contributed by atoms with van der Waals surface area (Å²) >= 11 is 0.